The number of hydrogen-bond acceptors (Lipinski definition) is 18. The number of alkyl carbamates (subject to hydrolysis) is 1. The Balaban J connectivity index is 1.31. The summed E-state index contributed by atoms with van der Waals surface area (Å²) in [5, 5.41) is 78.4. The van der Waals surface area contributed by atoms with Crippen LogP contribution in [-0.4, -0.2) is 128 Å². The van der Waals surface area contributed by atoms with Gasteiger partial charge in [0, 0.05) is 0 Å². The Morgan fingerprint density at radius 3 is 1.34 bits per heavy atom. The lowest BCUT2D eigenvalue weighted by Gasteiger charge is -2.44. The number of carbonyl (C=O) groups excluding carboxylic acids is 2. The highest BCUT2D eigenvalue weighted by molar-refractivity contribution is 7.72. The highest BCUT2D eigenvalue weighted by atomic mass is 31.2. The van der Waals surface area contributed by atoms with Crippen LogP contribution in [0.5, 0.6) is 0 Å². The fourth-order valence-electron chi connectivity index (χ4n) is 7.58. The van der Waals surface area contributed by atoms with Crippen LogP contribution in [0.25, 0.3) is 0 Å². The van der Waals surface area contributed by atoms with Crippen molar-refractivity contribution < 1.29 is 86.8 Å². The molecule has 394 valence electrons. The zero-order valence-corrected chi connectivity index (χ0v) is 41.4. The second-order valence-electron chi connectivity index (χ2n) is 16.9. The van der Waals surface area contributed by atoms with Crippen molar-refractivity contribution in [2.75, 3.05) is 19.8 Å². The Kier molecular flexibility index (Phi) is 22.2. The molecule has 0 saturated carbocycles. The van der Waals surface area contributed by atoms with Crippen molar-refractivity contribution in [3.05, 3.63) is 179 Å². The van der Waals surface area contributed by atoms with Gasteiger partial charge in [-0.2, -0.15) is 0 Å². The molecule has 9 atom stereocenters. The molecule has 22 heteroatoms. The van der Waals surface area contributed by atoms with Gasteiger partial charge in [0.05, 0.1) is 58.7 Å². The molecule has 2 amide bonds. The van der Waals surface area contributed by atoms with Crippen molar-refractivity contribution >= 4 is 27.2 Å². The summed E-state index contributed by atoms with van der Waals surface area (Å²) in [6, 6.07) is 39.3. The number of rotatable bonds is 28. The van der Waals surface area contributed by atoms with E-state index in [1.807, 2.05) is 0 Å². The van der Waals surface area contributed by atoms with E-state index in [0.717, 1.165) is 0 Å². The third kappa shape index (κ3) is 16.6. The van der Waals surface area contributed by atoms with Gasteiger partial charge in [0.1, 0.15) is 49.3 Å². The molecule has 4 unspecified atom stereocenters. The number of aliphatic hydroxyl groups excluding tert-OH is 7. The van der Waals surface area contributed by atoms with Gasteiger partial charge in [0.2, 0.25) is 5.91 Å². The predicted octanol–water partition coefficient (Wildman–Crippen LogP) is 4.27. The van der Waals surface area contributed by atoms with Crippen LogP contribution in [0.15, 0.2) is 152 Å². The summed E-state index contributed by atoms with van der Waals surface area (Å²) in [7, 11) is -9.80. The lowest BCUT2D eigenvalue weighted by molar-refractivity contribution is -0.299. The van der Waals surface area contributed by atoms with Crippen LogP contribution in [0, 0.1) is 0 Å². The molecule has 6 rings (SSSR count). The first-order valence-electron chi connectivity index (χ1n) is 23.3. The lowest BCUT2D eigenvalue weighted by atomic mass is 9.96. The molecular weight excluding hydrogens is 991 g/mol. The van der Waals surface area contributed by atoms with E-state index in [4.69, 9.17) is 32.3 Å². The number of aliphatic hydroxyl groups is 7. The summed E-state index contributed by atoms with van der Waals surface area (Å²) in [6.45, 7) is -4.71. The van der Waals surface area contributed by atoms with Crippen LogP contribution in [0.3, 0.4) is 0 Å². The quantitative estimate of drug-likeness (QED) is 0.0316. The highest BCUT2D eigenvalue weighted by Crippen LogP contribution is 2.72. The maximum atomic E-state index is 15.7. The Hall–Kier alpha value is -5.22. The summed E-state index contributed by atoms with van der Waals surface area (Å²) in [6.07, 6.45) is -15.6. The molecule has 1 fully saturated rings. The van der Waals surface area contributed by atoms with Crippen molar-refractivity contribution in [3.8, 4) is 0 Å². The van der Waals surface area contributed by atoms with Gasteiger partial charge in [-0.25, -0.2) is 4.79 Å². The smallest absolute Gasteiger partial charge is 0.407 e. The van der Waals surface area contributed by atoms with Gasteiger partial charge in [0.25, 0.3) is 0 Å². The first-order chi connectivity index (χ1) is 35.2. The van der Waals surface area contributed by atoms with Crippen LogP contribution in [0.2, 0.25) is 0 Å². The lowest BCUT2D eigenvalue weighted by Crippen LogP contribution is -2.66. The maximum Gasteiger partial charge on any atom is 0.407 e. The van der Waals surface area contributed by atoms with E-state index in [0.29, 0.717) is 27.8 Å². The Morgan fingerprint density at radius 2 is 0.973 bits per heavy atom. The molecular formula is C51H62N2O18P2. The molecule has 1 heterocycles. The molecule has 1 saturated heterocycles. The summed E-state index contributed by atoms with van der Waals surface area (Å²) in [5.41, 5.74) is 2.74. The highest BCUT2D eigenvalue weighted by Gasteiger charge is 2.53. The van der Waals surface area contributed by atoms with E-state index in [9.17, 15) is 45.3 Å². The number of benzene rings is 5. The van der Waals surface area contributed by atoms with Crippen LogP contribution >= 0.6 is 15.2 Å². The summed E-state index contributed by atoms with van der Waals surface area (Å²) in [4.78, 5) is 27.6. The molecule has 20 nitrogen and oxygen atoms in total. The molecule has 73 heavy (non-hydrogen) atoms. The minimum absolute atomic E-state index is 0.214. The summed E-state index contributed by atoms with van der Waals surface area (Å²) in [5.74, 6) is -1.13. The average Bonchev–Trinajstić information content (AvgIpc) is 3.43. The van der Waals surface area contributed by atoms with Gasteiger partial charge in [-0.05, 0) is 27.8 Å². The molecule has 5 aromatic carbocycles. The molecule has 0 spiro atoms. The molecule has 9 N–H and O–H groups in total. The van der Waals surface area contributed by atoms with E-state index in [-0.39, 0.29) is 33.0 Å². The second-order valence-corrected chi connectivity index (χ2v) is 21.8. The molecule has 0 aromatic heterocycles. The molecule has 1 aliphatic heterocycles. The SMILES string of the molecule is O=C(CC(P(=O)(OCc1ccccc1)OCc1ccccc1)P(=O)(OCc1ccccc1)OCc1ccccc1)NC(CO)[C@@H](O)[C@@H](O[C@@H]1OC(CO)[C@H](O)[C@H](O)C1NC(=O)OCc1ccccc1)C(O)CO. The van der Waals surface area contributed by atoms with Crippen LogP contribution in [0.4, 0.5) is 4.79 Å². The van der Waals surface area contributed by atoms with E-state index in [1.165, 1.54) is 0 Å². The molecule has 0 radical (unpaired) electrons. The third-order valence-electron chi connectivity index (χ3n) is 11.6. The zero-order chi connectivity index (χ0) is 52.2. The molecule has 0 bridgehead atoms. The summed E-state index contributed by atoms with van der Waals surface area (Å²) < 4.78 is 72.8. The van der Waals surface area contributed by atoms with Gasteiger partial charge >= 0.3 is 21.3 Å². The fourth-order valence-corrected chi connectivity index (χ4v) is 12.7. The number of ether oxygens (including phenoxy) is 3. The number of nitrogens with one attached hydrogen (secondary N) is 2. The van der Waals surface area contributed by atoms with Gasteiger partial charge < -0.3 is 78.7 Å². The minimum Gasteiger partial charge on any atom is -0.445 e. The van der Waals surface area contributed by atoms with Crippen molar-refractivity contribution in [3.63, 3.8) is 0 Å². The van der Waals surface area contributed by atoms with E-state index >= 15 is 9.13 Å². The van der Waals surface area contributed by atoms with Gasteiger partial charge in [0.15, 0.2) is 11.7 Å². The van der Waals surface area contributed by atoms with Crippen LogP contribution < -0.4 is 10.6 Å². The number of carbonyl (C=O) groups is 2. The van der Waals surface area contributed by atoms with Crippen molar-refractivity contribution in [1.29, 1.82) is 0 Å². The first-order valence-corrected chi connectivity index (χ1v) is 26.5. The molecule has 0 aliphatic carbocycles. The summed E-state index contributed by atoms with van der Waals surface area (Å²) >= 11 is 0. The number of amides is 2. The molecule has 5 aromatic rings. The second kappa shape index (κ2) is 28.5. The van der Waals surface area contributed by atoms with Gasteiger partial charge in [-0.1, -0.05) is 152 Å². The van der Waals surface area contributed by atoms with Gasteiger partial charge in [-0.3, -0.25) is 13.9 Å². The molecule has 1 aliphatic rings. The largest absolute Gasteiger partial charge is 0.445 e. The van der Waals surface area contributed by atoms with Crippen LogP contribution in [0.1, 0.15) is 34.2 Å². The topological polar surface area (TPSA) is 299 Å². The zero-order valence-electron chi connectivity index (χ0n) is 39.6. The van der Waals surface area contributed by atoms with Crippen molar-refractivity contribution in [2.24, 2.45) is 0 Å². The third-order valence-corrected chi connectivity index (χ3v) is 17.1. The number of hydrogen-bond donors (Lipinski definition) is 9. The average molecular weight is 1050 g/mol. The standard InChI is InChI=1S/C51H62N2O18P2/c54-27-40(46(59)49(41(57)28-55)71-50-45(48(61)47(60)42(29-56)70-50)53-51(62)65-30-35-16-6-1-7-17-35)52-43(58)26-44(72(63,66-31-36-18-8-2-9-19-36)67-32-37-20-10-3-11-21-37)73(64,68-33-38-22-12-4-13-23-38)69-34-39-24-14-5-15-25-39/h1-25,40-42,44-50,54-57,59-61H,26-34H2,(H,52,58)(H,53,62)/t40?,41?,42?,45?,46-,47+,48-,49+,50+/m1/s1. The minimum atomic E-state index is -4.90. The Labute approximate surface area is 422 Å². The Bertz CT molecular complexity index is 2310. The van der Waals surface area contributed by atoms with E-state index < -0.39 is 114 Å². The van der Waals surface area contributed by atoms with Crippen molar-refractivity contribution in [2.45, 2.75) is 99.9 Å². The van der Waals surface area contributed by atoms with Gasteiger partial charge in [-0.15, -0.1) is 0 Å². The van der Waals surface area contributed by atoms with Crippen LogP contribution in [-0.2, 0) is 79.3 Å². The fraction of sp³-hybridized carbons (Fsp3) is 0.373. The monoisotopic (exact) mass is 1050 g/mol. The normalized spacial score (nSPS) is 19.9. The van der Waals surface area contributed by atoms with Crippen molar-refractivity contribution in [1.82, 2.24) is 10.6 Å². The maximum absolute atomic E-state index is 15.7. The predicted molar refractivity (Wildman–Crippen MR) is 263 cm³/mol. The van der Waals surface area contributed by atoms with E-state index in [2.05, 4.69) is 10.6 Å². The van der Waals surface area contributed by atoms with E-state index in [1.54, 1.807) is 152 Å². The first kappa shape index (κ1) is 57.1. The Morgan fingerprint density at radius 1 is 0.575 bits per heavy atom.